The van der Waals surface area contributed by atoms with Crippen molar-refractivity contribution in [3.63, 3.8) is 0 Å². The van der Waals surface area contributed by atoms with Crippen LogP contribution in [0.25, 0.3) is 0 Å². The second-order valence-corrected chi connectivity index (χ2v) is 27.4. The van der Waals surface area contributed by atoms with E-state index in [1.54, 1.807) is 14.0 Å². The van der Waals surface area contributed by atoms with Crippen LogP contribution >= 0.6 is 0 Å². The van der Waals surface area contributed by atoms with Crippen molar-refractivity contribution in [2.24, 2.45) is 11.8 Å². The molecule has 11 N–H and O–H groups in total. The summed E-state index contributed by atoms with van der Waals surface area (Å²) in [6, 6.07) is -1.27. The zero-order chi connectivity index (χ0) is 82.6. The number of aliphatic carboxylic acids is 5. The van der Waals surface area contributed by atoms with E-state index in [0.717, 1.165) is 109 Å². The highest BCUT2D eigenvalue weighted by molar-refractivity contribution is 5.86. The minimum Gasteiger partial charge on any atom is -0.481 e. The Labute approximate surface area is 656 Å². The molecule has 0 spiro atoms. The van der Waals surface area contributed by atoms with Gasteiger partial charge in [-0.15, -0.1) is 0 Å². The minimum absolute atomic E-state index is 0.0102. The molecule has 0 heterocycles. The van der Waals surface area contributed by atoms with Gasteiger partial charge in [-0.25, -0.2) is 4.79 Å². The fraction of sp³-hybridized carbons (Fsp3) is 0.821. The number of likely N-dealkylation sites (N-methyl/N-ethyl adjacent to an activating group) is 1. The van der Waals surface area contributed by atoms with Crippen LogP contribution in [0.5, 0.6) is 0 Å². The van der Waals surface area contributed by atoms with E-state index in [4.69, 9.17) is 53.2 Å². The predicted octanol–water partition coefficient (Wildman–Crippen LogP) is 7.05. The third-order valence-corrected chi connectivity index (χ3v) is 17.5. The van der Waals surface area contributed by atoms with Crippen molar-refractivity contribution in [1.29, 1.82) is 0 Å². The van der Waals surface area contributed by atoms with Gasteiger partial charge >= 0.3 is 29.8 Å². The van der Waals surface area contributed by atoms with Crippen LogP contribution in [-0.4, -0.2) is 259 Å². The second-order valence-electron chi connectivity index (χ2n) is 27.4. The molecule has 33 heteroatoms. The number of carbonyl (C=O) groups is 14. The van der Waals surface area contributed by atoms with Crippen molar-refractivity contribution >= 4 is 82.5 Å². The van der Waals surface area contributed by atoms with Gasteiger partial charge < -0.3 is 95.3 Å². The van der Waals surface area contributed by atoms with Gasteiger partial charge in [0.1, 0.15) is 49.8 Å². The predicted molar refractivity (Wildman–Crippen MR) is 411 cm³/mol. The van der Waals surface area contributed by atoms with Crippen LogP contribution in [0.3, 0.4) is 0 Å². The lowest BCUT2D eigenvalue weighted by Crippen LogP contribution is -2.41. The molecule has 0 radical (unpaired) electrons. The number of ketones is 4. The third kappa shape index (κ3) is 75.5. The summed E-state index contributed by atoms with van der Waals surface area (Å²) in [6.45, 7) is 7.70. The first kappa shape index (κ1) is 106. The van der Waals surface area contributed by atoms with E-state index in [1.165, 1.54) is 0 Å². The standard InChI is InChI=1S/C39H69N3O14.C39H69N3O13/c1-2-14-31(38(49)50)15-11-12-21-40-35(45)29-56-28-26-54-24-22-41-36(46)30-55-27-25-53-23-13-16-32(43)19-20-33(39(51)52)42-34(44)17-9-7-5-3-4-6-8-10-18-37(47)48;1-31(43)35(40-2)16-11-12-20-41-37(47)30-55-27-24-52-22-13-15-34(45)29-54-26-25-53-23-21-42-36(46)19-18-32(39(50)51)28-33(44)14-9-7-5-3-4-6-8-10-17-38(48)49/h31,33H,2-30H2,1H3,(H,40,45)(H,41,46)(H,42,44)(H,47,48)(H,49,50)(H,51,52);32,35,40H,3-30H2,1-2H3,(H,41,47)(H,42,46)(H,48,49)(H,50,51)/t31-,33-;32-,35+/m01/s1. The van der Waals surface area contributed by atoms with Crippen LogP contribution in [0, 0.1) is 11.8 Å². The number of hydrogen-bond acceptors (Lipinski definition) is 23. The van der Waals surface area contributed by atoms with Crippen molar-refractivity contribution in [3.05, 3.63) is 0 Å². The average Bonchev–Trinajstić information content (AvgIpc) is 0.942. The Morgan fingerprint density at radius 3 is 1.11 bits per heavy atom. The molecule has 0 aliphatic rings. The first-order valence-corrected chi connectivity index (χ1v) is 40.2. The SMILES string of the molecule is CCC[C@@H](CCCCNC(=O)COCCOCCNC(=O)COCCOCCCC(=O)CC[C@H](NC(=O)CCCCCCCCCCC(=O)O)C(=O)O)C(=O)O.CN[C@@H](CCCCNC(=O)COCCOCCCC(=O)COCCOCCNC(=O)CC[C@H](CC(=O)CCCCCCCCCCC(=O)O)C(=O)O)C(C)=O. The minimum atomic E-state index is -1.18. The smallest absolute Gasteiger partial charge is 0.326 e. The fourth-order valence-corrected chi connectivity index (χ4v) is 11.1. The lowest BCUT2D eigenvalue weighted by atomic mass is 9.94. The van der Waals surface area contributed by atoms with Crippen LogP contribution in [0.1, 0.15) is 251 Å². The Hall–Kier alpha value is -6.98. The average molecular weight is 1590 g/mol. The topological polar surface area (TPSA) is 486 Å². The Bertz CT molecular complexity index is 2530. The van der Waals surface area contributed by atoms with E-state index in [2.05, 4.69) is 31.9 Å². The summed E-state index contributed by atoms with van der Waals surface area (Å²) in [7, 11) is 1.76. The molecule has 33 nitrogen and oxygen atoms in total. The lowest BCUT2D eigenvalue weighted by Gasteiger charge is -2.14. The van der Waals surface area contributed by atoms with E-state index in [-0.39, 0.29) is 221 Å². The van der Waals surface area contributed by atoms with Gasteiger partial charge in [0.2, 0.25) is 29.5 Å². The number of unbranched alkanes of at least 4 members (excludes halogenated alkanes) is 16. The maximum Gasteiger partial charge on any atom is 0.326 e. The number of carboxylic acids is 5. The molecule has 0 bridgehead atoms. The molecular formula is C78H138N6O27. The van der Waals surface area contributed by atoms with E-state index in [0.29, 0.717) is 104 Å². The second kappa shape index (κ2) is 77.0. The maximum absolute atomic E-state index is 12.3. The summed E-state index contributed by atoms with van der Waals surface area (Å²) in [5.41, 5.74) is 0. The van der Waals surface area contributed by atoms with Crippen molar-refractivity contribution in [1.82, 2.24) is 31.9 Å². The molecule has 4 atom stereocenters. The van der Waals surface area contributed by atoms with Crippen molar-refractivity contribution in [2.75, 3.05) is 139 Å². The Kier molecular flexibility index (Phi) is 73.6. The summed E-state index contributed by atoms with van der Waals surface area (Å²) in [5, 5.41) is 61.7. The molecule has 0 aromatic heterocycles. The number of ether oxygens (including phenoxy) is 8. The number of amides is 5. The summed E-state index contributed by atoms with van der Waals surface area (Å²) in [6.07, 6.45) is 22.7. The fourth-order valence-electron chi connectivity index (χ4n) is 11.1. The molecule has 0 unspecified atom stereocenters. The van der Waals surface area contributed by atoms with Crippen molar-refractivity contribution < 1.29 is 131 Å². The van der Waals surface area contributed by atoms with E-state index in [1.807, 2.05) is 6.92 Å². The van der Waals surface area contributed by atoms with E-state index in [9.17, 15) is 77.3 Å². The molecular weight excluding hydrogens is 1450 g/mol. The zero-order valence-electron chi connectivity index (χ0n) is 66.8. The summed E-state index contributed by atoms with van der Waals surface area (Å²) >= 11 is 0. The van der Waals surface area contributed by atoms with Gasteiger partial charge in [-0.2, -0.15) is 0 Å². The van der Waals surface area contributed by atoms with Gasteiger partial charge in [0.05, 0.1) is 83.9 Å². The van der Waals surface area contributed by atoms with Crippen LogP contribution in [0.2, 0.25) is 0 Å². The number of Topliss-reactive ketones (excluding diaryl/α,β-unsaturated/α-hetero) is 4. The number of carbonyl (C=O) groups excluding carboxylic acids is 9. The molecule has 0 saturated heterocycles. The Balaban J connectivity index is 0. The van der Waals surface area contributed by atoms with Crippen LogP contribution in [0.4, 0.5) is 0 Å². The van der Waals surface area contributed by atoms with Gasteiger partial charge in [-0.3, -0.25) is 62.3 Å². The molecule has 0 fully saturated rings. The highest BCUT2D eigenvalue weighted by Gasteiger charge is 2.24. The van der Waals surface area contributed by atoms with Crippen LogP contribution in [-0.2, 0) is 105 Å². The lowest BCUT2D eigenvalue weighted by molar-refractivity contribution is -0.144. The summed E-state index contributed by atoms with van der Waals surface area (Å²) in [5.74, 6) is -7.44. The molecule has 0 aliphatic carbocycles. The van der Waals surface area contributed by atoms with Gasteiger partial charge in [0.15, 0.2) is 5.78 Å². The molecule has 0 aliphatic heterocycles. The van der Waals surface area contributed by atoms with E-state index < -0.39 is 41.8 Å². The van der Waals surface area contributed by atoms with E-state index >= 15 is 0 Å². The summed E-state index contributed by atoms with van der Waals surface area (Å²) in [4.78, 5) is 163. The molecule has 111 heavy (non-hydrogen) atoms. The Morgan fingerprint density at radius 1 is 0.288 bits per heavy atom. The zero-order valence-corrected chi connectivity index (χ0v) is 66.8. The highest BCUT2D eigenvalue weighted by Crippen LogP contribution is 2.18. The third-order valence-electron chi connectivity index (χ3n) is 17.5. The van der Waals surface area contributed by atoms with Crippen molar-refractivity contribution in [3.8, 4) is 0 Å². The number of nitrogens with one attached hydrogen (secondary N) is 6. The van der Waals surface area contributed by atoms with Gasteiger partial charge in [-0.05, 0) is 104 Å². The monoisotopic (exact) mass is 1590 g/mol. The van der Waals surface area contributed by atoms with Crippen molar-refractivity contribution in [2.45, 2.75) is 264 Å². The van der Waals surface area contributed by atoms with Crippen LogP contribution in [0.15, 0.2) is 0 Å². The van der Waals surface area contributed by atoms with Crippen LogP contribution < -0.4 is 31.9 Å². The molecule has 0 aromatic carbocycles. The summed E-state index contributed by atoms with van der Waals surface area (Å²) < 4.78 is 42.8. The number of carboxylic acid groups (broad SMARTS) is 5. The first-order chi connectivity index (χ1) is 53.4. The maximum atomic E-state index is 12.3. The quantitative estimate of drug-likeness (QED) is 0.0272. The Morgan fingerprint density at radius 2 is 0.676 bits per heavy atom. The van der Waals surface area contributed by atoms with Gasteiger partial charge in [0, 0.05) is 97.2 Å². The number of hydrogen-bond donors (Lipinski definition) is 11. The molecule has 642 valence electrons. The van der Waals surface area contributed by atoms with Gasteiger partial charge in [-0.1, -0.05) is 96.8 Å². The molecule has 0 aromatic rings. The molecule has 0 rings (SSSR count). The first-order valence-electron chi connectivity index (χ1n) is 40.2. The highest BCUT2D eigenvalue weighted by atomic mass is 16.5. The van der Waals surface area contributed by atoms with Gasteiger partial charge in [0.25, 0.3) is 0 Å². The molecule has 5 amide bonds. The largest absolute Gasteiger partial charge is 0.481 e. The number of rotatable bonds is 82. The molecule has 0 saturated carbocycles. The normalized spacial score (nSPS) is 12.1.